The molecule has 0 amide bonds. The summed E-state index contributed by atoms with van der Waals surface area (Å²) >= 11 is 1.72. The van der Waals surface area contributed by atoms with Crippen LogP contribution in [0.25, 0.3) is 0 Å². The quantitative estimate of drug-likeness (QED) is 0.572. The molecule has 2 N–H and O–H groups in total. The van der Waals surface area contributed by atoms with Crippen LogP contribution in [-0.2, 0) is 17.8 Å². The van der Waals surface area contributed by atoms with E-state index in [0.29, 0.717) is 6.54 Å². The molecule has 1 unspecified atom stereocenters. The van der Waals surface area contributed by atoms with E-state index in [4.69, 9.17) is 9.73 Å². The van der Waals surface area contributed by atoms with Gasteiger partial charge < -0.3 is 20.3 Å². The number of aliphatic imine (C=N–C) groups is 1. The van der Waals surface area contributed by atoms with Crippen molar-refractivity contribution in [3.63, 3.8) is 0 Å². The minimum absolute atomic E-state index is 0.250. The number of anilines is 1. The summed E-state index contributed by atoms with van der Waals surface area (Å²) in [6.45, 7) is 12.9. The highest BCUT2D eigenvalue weighted by atomic mass is 32.1. The number of aromatic nitrogens is 2. The Kier molecular flexibility index (Phi) is 7.22. The highest BCUT2D eigenvalue weighted by molar-refractivity contribution is 7.11. The molecule has 1 aliphatic rings. The fraction of sp³-hybridized carbons (Fsp3) is 0.550. The van der Waals surface area contributed by atoms with Gasteiger partial charge in [-0.25, -0.2) is 15.0 Å². The van der Waals surface area contributed by atoms with Crippen LogP contribution in [0.15, 0.2) is 23.3 Å². The molecule has 0 aliphatic carbocycles. The van der Waals surface area contributed by atoms with E-state index in [9.17, 15) is 0 Å². The summed E-state index contributed by atoms with van der Waals surface area (Å²) in [6, 6.07) is 4.18. The minimum atomic E-state index is 0.250. The van der Waals surface area contributed by atoms with Gasteiger partial charge in [-0.3, -0.25) is 0 Å². The number of rotatable bonds is 6. The third-order valence-corrected chi connectivity index (χ3v) is 5.63. The molecule has 3 heterocycles. The van der Waals surface area contributed by atoms with Gasteiger partial charge in [-0.1, -0.05) is 6.07 Å². The third kappa shape index (κ3) is 5.65. The van der Waals surface area contributed by atoms with E-state index < -0.39 is 0 Å². The van der Waals surface area contributed by atoms with Gasteiger partial charge in [0.2, 0.25) is 0 Å². The maximum Gasteiger partial charge on any atom is 0.191 e. The molecule has 28 heavy (non-hydrogen) atoms. The Bertz CT molecular complexity index is 788. The van der Waals surface area contributed by atoms with Gasteiger partial charge in [0.25, 0.3) is 0 Å². The van der Waals surface area contributed by atoms with Gasteiger partial charge in [0.15, 0.2) is 5.96 Å². The summed E-state index contributed by atoms with van der Waals surface area (Å²) < 4.78 is 5.60. The molecule has 2 aromatic heterocycles. The van der Waals surface area contributed by atoms with E-state index in [1.165, 1.54) is 4.88 Å². The molecule has 0 aromatic carbocycles. The van der Waals surface area contributed by atoms with Crippen molar-refractivity contribution >= 4 is 23.1 Å². The first-order chi connectivity index (χ1) is 13.5. The number of nitrogens with zero attached hydrogens (tertiary/aromatic N) is 4. The van der Waals surface area contributed by atoms with Gasteiger partial charge in [-0.15, -0.1) is 11.3 Å². The maximum absolute atomic E-state index is 5.60. The third-order valence-electron chi connectivity index (χ3n) is 4.55. The standard InChI is InChI=1S/C20H30N6OS/c1-5-21-20(24-12-18-15(3)25-16(4)28-18)23-11-17-6-7-19(22-10-17)26-8-9-27-14(2)13-26/h6-7,10,14H,5,8-9,11-13H2,1-4H3,(H2,21,23,24). The lowest BCUT2D eigenvalue weighted by Crippen LogP contribution is -2.41. The molecular weight excluding hydrogens is 372 g/mol. The van der Waals surface area contributed by atoms with E-state index in [0.717, 1.165) is 60.8 Å². The van der Waals surface area contributed by atoms with Crippen molar-refractivity contribution in [2.24, 2.45) is 4.99 Å². The minimum Gasteiger partial charge on any atom is -0.375 e. The molecule has 1 aliphatic heterocycles. The number of nitrogens with one attached hydrogen (secondary N) is 2. The average Bonchev–Trinajstić information content (AvgIpc) is 3.01. The van der Waals surface area contributed by atoms with E-state index in [2.05, 4.69) is 51.5 Å². The summed E-state index contributed by atoms with van der Waals surface area (Å²) in [5, 5.41) is 7.79. The smallest absolute Gasteiger partial charge is 0.191 e. The zero-order valence-electron chi connectivity index (χ0n) is 17.2. The maximum atomic E-state index is 5.60. The van der Waals surface area contributed by atoms with Gasteiger partial charge in [0.1, 0.15) is 5.82 Å². The predicted molar refractivity (Wildman–Crippen MR) is 115 cm³/mol. The molecule has 0 spiro atoms. The number of hydrogen-bond donors (Lipinski definition) is 2. The molecule has 3 rings (SSSR count). The predicted octanol–water partition coefficient (Wildman–Crippen LogP) is 2.64. The molecular formula is C20H30N6OS. The molecule has 1 fully saturated rings. The molecule has 152 valence electrons. The zero-order chi connectivity index (χ0) is 19.9. The number of ether oxygens (including phenoxy) is 1. The van der Waals surface area contributed by atoms with Crippen molar-refractivity contribution < 1.29 is 4.74 Å². The first-order valence-electron chi connectivity index (χ1n) is 9.81. The molecule has 0 bridgehead atoms. The van der Waals surface area contributed by atoms with E-state index >= 15 is 0 Å². The molecule has 1 saturated heterocycles. The summed E-state index contributed by atoms with van der Waals surface area (Å²) in [6.07, 6.45) is 2.17. The van der Waals surface area contributed by atoms with Gasteiger partial charge in [-0.2, -0.15) is 0 Å². The molecule has 7 nitrogen and oxygen atoms in total. The summed E-state index contributed by atoms with van der Waals surface area (Å²) in [5.74, 6) is 1.81. The van der Waals surface area contributed by atoms with Crippen molar-refractivity contribution in [3.8, 4) is 0 Å². The lowest BCUT2D eigenvalue weighted by atomic mass is 10.2. The van der Waals surface area contributed by atoms with E-state index in [-0.39, 0.29) is 6.10 Å². The van der Waals surface area contributed by atoms with Gasteiger partial charge in [0.05, 0.1) is 36.5 Å². The van der Waals surface area contributed by atoms with Crippen LogP contribution in [0.4, 0.5) is 5.82 Å². The van der Waals surface area contributed by atoms with Crippen LogP contribution in [0.3, 0.4) is 0 Å². The number of pyridine rings is 1. The highest BCUT2D eigenvalue weighted by Crippen LogP contribution is 2.17. The Morgan fingerprint density at radius 1 is 1.36 bits per heavy atom. The Morgan fingerprint density at radius 3 is 2.86 bits per heavy atom. The first-order valence-corrected chi connectivity index (χ1v) is 10.6. The van der Waals surface area contributed by atoms with Crippen molar-refractivity contribution in [2.45, 2.75) is 46.9 Å². The molecule has 0 radical (unpaired) electrons. The number of thiazole rings is 1. The van der Waals surface area contributed by atoms with Gasteiger partial charge in [0, 0.05) is 30.7 Å². The fourth-order valence-corrected chi connectivity index (χ4v) is 4.01. The molecule has 8 heteroatoms. The Hall–Kier alpha value is -2.19. The Morgan fingerprint density at radius 2 is 2.21 bits per heavy atom. The van der Waals surface area contributed by atoms with Crippen LogP contribution in [0.2, 0.25) is 0 Å². The molecule has 1 atom stereocenters. The number of guanidine groups is 1. The fourth-order valence-electron chi connectivity index (χ4n) is 3.14. The summed E-state index contributed by atoms with van der Waals surface area (Å²) in [4.78, 5) is 17.3. The number of aryl methyl sites for hydroxylation is 2. The average molecular weight is 403 g/mol. The number of hydrogen-bond acceptors (Lipinski definition) is 6. The summed E-state index contributed by atoms with van der Waals surface area (Å²) in [5.41, 5.74) is 2.18. The number of morpholine rings is 1. The van der Waals surface area contributed by atoms with Crippen LogP contribution < -0.4 is 15.5 Å². The SMILES string of the molecule is CCNC(=NCc1ccc(N2CCOC(C)C2)nc1)NCc1sc(C)nc1C. The lowest BCUT2D eigenvalue weighted by Gasteiger charge is -2.32. The van der Waals surface area contributed by atoms with Crippen LogP contribution in [0, 0.1) is 13.8 Å². The van der Waals surface area contributed by atoms with E-state index in [1.54, 1.807) is 11.3 Å². The molecule has 2 aromatic rings. The van der Waals surface area contributed by atoms with Crippen molar-refractivity contribution in [2.75, 3.05) is 31.1 Å². The highest BCUT2D eigenvalue weighted by Gasteiger charge is 2.17. The van der Waals surface area contributed by atoms with Gasteiger partial charge >= 0.3 is 0 Å². The first kappa shape index (κ1) is 20.5. The monoisotopic (exact) mass is 402 g/mol. The largest absolute Gasteiger partial charge is 0.375 e. The Balaban J connectivity index is 1.58. The molecule has 0 saturated carbocycles. The second-order valence-electron chi connectivity index (χ2n) is 6.94. The van der Waals surface area contributed by atoms with Crippen molar-refractivity contribution in [1.82, 2.24) is 20.6 Å². The summed E-state index contributed by atoms with van der Waals surface area (Å²) in [7, 11) is 0. The van der Waals surface area contributed by atoms with Crippen LogP contribution >= 0.6 is 11.3 Å². The van der Waals surface area contributed by atoms with Crippen LogP contribution in [0.1, 0.15) is 35.0 Å². The van der Waals surface area contributed by atoms with Crippen LogP contribution in [0.5, 0.6) is 0 Å². The van der Waals surface area contributed by atoms with Crippen molar-refractivity contribution in [3.05, 3.63) is 39.5 Å². The lowest BCUT2D eigenvalue weighted by molar-refractivity contribution is 0.0529. The zero-order valence-corrected chi connectivity index (χ0v) is 18.0. The second kappa shape index (κ2) is 9.84. The second-order valence-corrected chi connectivity index (χ2v) is 8.23. The van der Waals surface area contributed by atoms with E-state index in [1.807, 2.05) is 20.0 Å². The normalized spacial score (nSPS) is 17.6. The topological polar surface area (TPSA) is 74.7 Å². The van der Waals surface area contributed by atoms with Gasteiger partial charge in [-0.05, 0) is 39.3 Å². The Labute approximate surface area is 171 Å². The van der Waals surface area contributed by atoms with Crippen LogP contribution in [-0.4, -0.2) is 48.3 Å². The van der Waals surface area contributed by atoms with Crippen molar-refractivity contribution in [1.29, 1.82) is 0 Å².